The number of hydrogen-bond donors (Lipinski definition) is 1. The van der Waals surface area contributed by atoms with E-state index in [1.165, 1.54) is 13.2 Å². The maximum absolute atomic E-state index is 13.6. The van der Waals surface area contributed by atoms with E-state index in [-0.39, 0.29) is 11.4 Å². The number of benzene rings is 1. The molecular formula is C13H20FNO2. The molecule has 1 aromatic rings. The molecule has 0 aliphatic carbocycles. The third-order valence-corrected chi connectivity index (χ3v) is 2.68. The van der Waals surface area contributed by atoms with Crippen molar-refractivity contribution in [1.29, 1.82) is 0 Å². The van der Waals surface area contributed by atoms with Crippen molar-refractivity contribution in [3.8, 4) is 5.75 Å². The quantitative estimate of drug-likeness (QED) is 0.829. The van der Waals surface area contributed by atoms with Gasteiger partial charge < -0.3 is 14.8 Å². The second kappa shape index (κ2) is 5.98. The van der Waals surface area contributed by atoms with Crippen molar-refractivity contribution in [1.82, 2.24) is 5.32 Å². The van der Waals surface area contributed by atoms with Crippen LogP contribution in [0, 0.1) is 5.82 Å². The van der Waals surface area contributed by atoms with E-state index in [0.717, 1.165) is 0 Å². The highest BCUT2D eigenvalue weighted by Gasteiger charge is 2.15. The van der Waals surface area contributed by atoms with E-state index >= 15 is 0 Å². The Kier molecular flexibility index (Phi) is 4.90. The van der Waals surface area contributed by atoms with Crippen LogP contribution in [0.2, 0.25) is 0 Å². The normalized spacial score (nSPS) is 11.6. The minimum atomic E-state index is -0.257. The van der Waals surface area contributed by atoms with Crippen LogP contribution in [0.5, 0.6) is 5.75 Å². The van der Waals surface area contributed by atoms with Gasteiger partial charge in [0.1, 0.15) is 11.6 Å². The Morgan fingerprint density at radius 3 is 2.53 bits per heavy atom. The van der Waals surface area contributed by atoms with Gasteiger partial charge in [0.2, 0.25) is 0 Å². The molecule has 1 rings (SSSR count). The molecule has 3 nitrogen and oxygen atoms in total. The highest BCUT2D eigenvalue weighted by molar-refractivity contribution is 5.28. The molecular weight excluding hydrogens is 221 g/mol. The lowest BCUT2D eigenvalue weighted by molar-refractivity contribution is 0.0230. The average molecular weight is 241 g/mol. The molecule has 0 saturated carbocycles. The molecule has 0 bridgehead atoms. The topological polar surface area (TPSA) is 30.5 Å². The Labute approximate surface area is 102 Å². The van der Waals surface area contributed by atoms with E-state index in [0.29, 0.717) is 24.4 Å². The molecule has 0 spiro atoms. The highest BCUT2D eigenvalue weighted by Crippen LogP contribution is 2.16. The first-order chi connectivity index (χ1) is 7.98. The first kappa shape index (κ1) is 13.9. The molecule has 0 heterocycles. The van der Waals surface area contributed by atoms with E-state index in [4.69, 9.17) is 9.47 Å². The van der Waals surface area contributed by atoms with Crippen molar-refractivity contribution in [3.05, 3.63) is 29.6 Å². The molecule has 1 N–H and O–H groups in total. The van der Waals surface area contributed by atoms with Crippen LogP contribution >= 0.6 is 0 Å². The Morgan fingerprint density at radius 1 is 1.29 bits per heavy atom. The van der Waals surface area contributed by atoms with Gasteiger partial charge in [0, 0.05) is 31.8 Å². The fourth-order valence-corrected chi connectivity index (χ4v) is 1.37. The van der Waals surface area contributed by atoms with Gasteiger partial charge in [0.05, 0.1) is 12.7 Å². The summed E-state index contributed by atoms with van der Waals surface area (Å²) in [6.45, 7) is 5.09. The summed E-state index contributed by atoms with van der Waals surface area (Å²) >= 11 is 0. The fraction of sp³-hybridized carbons (Fsp3) is 0.538. The van der Waals surface area contributed by atoms with Gasteiger partial charge >= 0.3 is 0 Å². The van der Waals surface area contributed by atoms with Crippen LogP contribution in [-0.2, 0) is 11.3 Å². The molecule has 0 aliphatic rings. The minimum Gasteiger partial charge on any atom is -0.497 e. The van der Waals surface area contributed by atoms with Crippen molar-refractivity contribution in [2.45, 2.75) is 26.0 Å². The van der Waals surface area contributed by atoms with Crippen LogP contribution < -0.4 is 10.1 Å². The van der Waals surface area contributed by atoms with Crippen molar-refractivity contribution in [2.75, 3.05) is 20.8 Å². The molecule has 0 radical (unpaired) electrons. The standard InChI is InChI=1S/C13H20FNO2/c1-13(2,17-4)9-15-8-10-5-6-11(16-3)7-12(10)14/h5-7,15H,8-9H2,1-4H3. The summed E-state index contributed by atoms with van der Waals surface area (Å²) in [5.41, 5.74) is 0.376. The lowest BCUT2D eigenvalue weighted by Gasteiger charge is -2.23. The number of methoxy groups -OCH3 is 2. The zero-order chi connectivity index (χ0) is 12.9. The largest absolute Gasteiger partial charge is 0.497 e. The average Bonchev–Trinajstić information content (AvgIpc) is 2.31. The predicted molar refractivity (Wildman–Crippen MR) is 65.7 cm³/mol. The van der Waals surface area contributed by atoms with Crippen molar-refractivity contribution >= 4 is 0 Å². The van der Waals surface area contributed by atoms with Crippen molar-refractivity contribution in [3.63, 3.8) is 0 Å². The Bertz CT molecular complexity index is 366. The molecule has 0 unspecified atom stereocenters. The van der Waals surface area contributed by atoms with Gasteiger partial charge in [-0.25, -0.2) is 4.39 Å². The van der Waals surface area contributed by atoms with Gasteiger partial charge in [-0.2, -0.15) is 0 Å². The maximum Gasteiger partial charge on any atom is 0.131 e. The molecule has 0 aliphatic heterocycles. The molecule has 0 amide bonds. The molecule has 1 aromatic carbocycles. The van der Waals surface area contributed by atoms with Crippen LogP contribution in [-0.4, -0.2) is 26.4 Å². The minimum absolute atomic E-state index is 0.247. The van der Waals surface area contributed by atoms with Crippen molar-refractivity contribution < 1.29 is 13.9 Å². The molecule has 4 heteroatoms. The number of rotatable bonds is 6. The fourth-order valence-electron chi connectivity index (χ4n) is 1.37. The molecule has 96 valence electrons. The van der Waals surface area contributed by atoms with Crippen LogP contribution in [0.25, 0.3) is 0 Å². The van der Waals surface area contributed by atoms with Gasteiger partial charge in [-0.15, -0.1) is 0 Å². The summed E-state index contributed by atoms with van der Waals surface area (Å²) in [4.78, 5) is 0. The van der Waals surface area contributed by atoms with Gasteiger partial charge in [-0.3, -0.25) is 0 Å². The molecule has 0 aromatic heterocycles. The van der Waals surface area contributed by atoms with Gasteiger partial charge in [0.15, 0.2) is 0 Å². The highest BCUT2D eigenvalue weighted by atomic mass is 19.1. The smallest absolute Gasteiger partial charge is 0.131 e. The number of nitrogens with one attached hydrogen (secondary N) is 1. The first-order valence-electron chi connectivity index (χ1n) is 5.57. The Hall–Kier alpha value is -1.13. The molecule has 0 atom stereocenters. The van der Waals surface area contributed by atoms with E-state index < -0.39 is 0 Å². The summed E-state index contributed by atoms with van der Waals surface area (Å²) in [5.74, 6) is 0.274. The summed E-state index contributed by atoms with van der Waals surface area (Å²) < 4.78 is 23.8. The molecule has 0 saturated heterocycles. The third kappa shape index (κ3) is 4.32. The lowest BCUT2D eigenvalue weighted by Crippen LogP contribution is -2.36. The van der Waals surface area contributed by atoms with E-state index in [1.807, 2.05) is 13.8 Å². The van der Waals surface area contributed by atoms with E-state index in [9.17, 15) is 4.39 Å². The van der Waals surface area contributed by atoms with Crippen LogP contribution in [0.3, 0.4) is 0 Å². The molecule has 17 heavy (non-hydrogen) atoms. The maximum atomic E-state index is 13.6. The third-order valence-electron chi connectivity index (χ3n) is 2.68. The Balaban J connectivity index is 2.52. The van der Waals surface area contributed by atoms with Crippen LogP contribution in [0.1, 0.15) is 19.4 Å². The Morgan fingerprint density at radius 2 is 2.00 bits per heavy atom. The van der Waals surface area contributed by atoms with Gasteiger partial charge in [-0.05, 0) is 19.9 Å². The second-order valence-corrected chi connectivity index (χ2v) is 4.52. The monoisotopic (exact) mass is 241 g/mol. The summed E-state index contributed by atoms with van der Waals surface area (Å²) in [7, 11) is 3.18. The second-order valence-electron chi connectivity index (χ2n) is 4.52. The number of halogens is 1. The van der Waals surface area contributed by atoms with Crippen molar-refractivity contribution in [2.24, 2.45) is 0 Å². The SMILES string of the molecule is COc1ccc(CNCC(C)(C)OC)c(F)c1. The molecule has 0 fully saturated rings. The summed E-state index contributed by atoms with van der Waals surface area (Å²) in [6, 6.07) is 4.86. The zero-order valence-electron chi connectivity index (χ0n) is 10.8. The summed E-state index contributed by atoms with van der Waals surface area (Å²) in [6.07, 6.45) is 0. The van der Waals surface area contributed by atoms with Crippen LogP contribution in [0.15, 0.2) is 18.2 Å². The first-order valence-corrected chi connectivity index (χ1v) is 5.57. The zero-order valence-corrected chi connectivity index (χ0v) is 10.8. The van der Waals surface area contributed by atoms with Crippen LogP contribution in [0.4, 0.5) is 4.39 Å². The number of hydrogen-bond acceptors (Lipinski definition) is 3. The van der Waals surface area contributed by atoms with E-state index in [2.05, 4.69) is 5.32 Å². The lowest BCUT2D eigenvalue weighted by atomic mass is 10.1. The summed E-state index contributed by atoms with van der Waals surface area (Å²) in [5, 5.41) is 3.17. The van der Waals surface area contributed by atoms with Gasteiger partial charge in [-0.1, -0.05) is 6.07 Å². The van der Waals surface area contributed by atoms with E-state index in [1.54, 1.807) is 19.2 Å². The predicted octanol–water partition coefficient (Wildman–Crippen LogP) is 2.35. The van der Waals surface area contributed by atoms with Gasteiger partial charge in [0.25, 0.3) is 0 Å². The number of ether oxygens (including phenoxy) is 2.